The lowest BCUT2D eigenvalue weighted by Gasteiger charge is -2.09. The molecule has 0 fully saturated rings. The lowest BCUT2D eigenvalue weighted by atomic mass is 10.1. The Morgan fingerprint density at radius 1 is 1.36 bits per heavy atom. The van der Waals surface area contributed by atoms with Crippen molar-refractivity contribution >= 4 is 11.8 Å². The van der Waals surface area contributed by atoms with E-state index in [0.717, 1.165) is 12.3 Å². The highest BCUT2D eigenvalue weighted by Crippen LogP contribution is 2.20. The van der Waals surface area contributed by atoms with Crippen molar-refractivity contribution in [3.8, 4) is 5.75 Å². The first-order valence-corrected chi connectivity index (χ1v) is 7.43. The van der Waals surface area contributed by atoms with Gasteiger partial charge in [0.15, 0.2) is 23.9 Å². The van der Waals surface area contributed by atoms with E-state index in [-0.39, 0.29) is 36.4 Å². The number of hydrogen-bond acceptors (Lipinski definition) is 5. The molecular formula is C16H17F2N3O4. The highest BCUT2D eigenvalue weighted by Gasteiger charge is 2.17. The molecule has 0 saturated carbocycles. The molecule has 2 N–H and O–H groups in total. The van der Waals surface area contributed by atoms with E-state index in [2.05, 4.69) is 15.6 Å². The summed E-state index contributed by atoms with van der Waals surface area (Å²) in [5, 5.41) is 5.02. The highest BCUT2D eigenvalue weighted by molar-refractivity contribution is 5.92. The van der Waals surface area contributed by atoms with Crippen LogP contribution in [0, 0.1) is 17.6 Å². The minimum absolute atomic E-state index is 0.0116. The molecule has 1 aromatic heterocycles. The smallest absolute Gasteiger partial charge is 0.273 e. The van der Waals surface area contributed by atoms with E-state index < -0.39 is 23.5 Å². The summed E-state index contributed by atoms with van der Waals surface area (Å²) in [5.41, 5.74) is -0.0116. The first-order chi connectivity index (χ1) is 11.9. The zero-order valence-electron chi connectivity index (χ0n) is 13.6. The maximum Gasteiger partial charge on any atom is 0.273 e. The van der Waals surface area contributed by atoms with Crippen LogP contribution >= 0.6 is 0 Å². The molecule has 0 aliphatic heterocycles. The number of aromatic nitrogens is 1. The number of rotatable bonds is 7. The molecule has 2 rings (SSSR count). The van der Waals surface area contributed by atoms with Gasteiger partial charge < -0.3 is 19.8 Å². The Morgan fingerprint density at radius 3 is 2.84 bits per heavy atom. The van der Waals surface area contributed by atoms with Crippen LogP contribution in [0.3, 0.4) is 0 Å². The van der Waals surface area contributed by atoms with Crippen molar-refractivity contribution in [2.24, 2.45) is 5.92 Å². The minimum Gasteiger partial charge on any atom is -0.481 e. The van der Waals surface area contributed by atoms with E-state index in [1.165, 1.54) is 19.2 Å². The molecule has 1 aromatic carbocycles. The van der Waals surface area contributed by atoms with Crippen LogP contribution < -0.4 is 15.4 Å². The molecule has 7 nitrogen and oxygen atoms in total. The summed E-state index contributed by atoms with van der Waals surface area (Å²) in [6, 6.07) is 3.53. The van der Waals surface area contributed by atoms with Crippen molar-refractivity contribution in [2.75, 3.05) is 13.6 Å². The third-order valence-electron chi connectivity index (χ3n) is 3.31. The van der Waals surface area contributed by atoms with Crippen LogP contribution in [0.15, 0.2) is 28.9 Å². The first-order valence-electron chi connectivity index (χ1n) is 7.43. The van der Waals surface area contributed by atoms with Gasteiger partial charge in [-0.15, -0.1) is 0 Å². The molecule has 0 unspecified atom stereocenters. The Labute approximate surface area is 142 Å². The van der Waals surface area contributed by atoms with Crippen LogP contribution in [0.4, 0.5) is 8.78 Å². The van der Waals surface area contributed by atoms with E-state index in [1.54, 1.807) is 6.92 Å². The normalized spacial score (nSPS) is 11.7. The molecule has 0 spiro atoms. The van der Waals surface area contributed by atoms with E-state index in [9.17, 15) is 18.4 Å². The zero-order valence-corrected chi connectivity index (χ0v) is 13.6. The molecule has 0 radical (unpaired) electrons. The fourth-order valence-electron chi connectivity index (χ4n) is 1.89. The van der Waals surface area contributed by atoms with Crippen molar-refractivity contribution in [3.63, 3.8) is 0 Å². The van der Waals surface area contributed by atoms with Crippen molar-refractivity contribution in [1.29, 1.82) is 0 Å². The highest BCUT2D eigenvalue weighted by atomic mass is 19.2. The lowest BCUT2D eigenvalue weighted by Crippen LogP contribution is -2.36. The predicted molar refractivity (Wildman–Crippen MR) is 82.8 cm³/mol. The zero-order chi connectivity index (χ0) is 18.4. The van der Waals surface area contributed by atoms with Crippen LogP contribution in [0.25, 0.3) is 0 Å². The fourth-order valence-corrected chi connectivity index (χ4v) is 1.89. The van der Waals surface area contributed by atoms with E-state index in [1.807, 2.05) is 0 Å². The summed E-state index contributed by atoms with van der Waals surface area (Å²) in [4.78, 5) is 27.2. The van der Waals surface area contributed by atoms with Crippen LogP contribution in [0.1, 0.15) is 23.3 Å². The van der Waals surface area contributed by atoms with Gasteiger partial charge in [-0.1, -0.05) is 13.0 Å². The number of ether oxygens (including phenoxy) is 1. The SMILES string of the molecule is CNC(=O)[C@H](C)CNC(=O)c1coc(COc2cccc(F)c2F)n1. The Morgan fingerprint density at radius 2 is 2.12 bits per heavy atom. The molecule has 134 valence electrons. The van der Waals surface area contributed by atoms with Crippen LogP contribution in [0.5, 0.6) is 5.75 Å². The summed E-state index contributed by atoms with van der Waals surface area (Å²) < 4.78 is 36.7. The minimum atomic E-state index is -1.12. The summed E-state index contributed by atoms with van der Waals surface area (Å²) in [6.45, 7) is 1.52. The molecular weight excluding hydrogens is 336 g/mol. The number of nitrogens with zero attached hydrogens (tertiary/aromatic N) is 1. The second-order valence-electron chi connectivity index (χ2n) is 5.19. The summed E-state index contributed by atoms with van der Waals surface area (Å²) in [6.07, 6.45) is 1.11. The summed E-state index contributed by atoms with van der Waals surface area (Å²) >= 11 is 0. The number of hydrogen-bond donors (Lipinski definition) is 2. The molecule has 9 heteroatoms. The van der Waals surface area contributed by atoms with Gasteiger partial charge in [-0.25, -0.2) is 9.37 Å². The van der Waals surface area contributed by atoms with Crippen molar-refractivity contribution < 1.29 is 27.5 Å². The van der Waals surface area contributed by atoms with Crippen LogP contribution in [-0.4, -0.2) is 30.4 Å². The van der Waals surface area contributed by atoms with Gasteiger partial charge in [0.1, 0.15) is 6.26 Å². The summed E-state index contributed by atoms with van der Waals surface area (Å²) in [7, 11) is 1.51. The number of halogens is 2. The molecule has 0 aliphatic rings. The van der Waals surface area contributed by atoms with Crippen LogP contribution in [0.2, 0.25) is 0 Å². The maximum absolute atomic E-state index is 13.5. The number of carbonyl (C=O) groups excluding carboxylic acids is 2. The van der Waals surface area contributed by atoms with Gasteiger partial charge in [-0.3, -0.25) is 9.59 Å². The van der Waals surface area contributed by atoms with Gasteiger partial charge in [0, 0.05) is 13.6 Å². The predicted octanol–water partition coefficient (Wildman–Crippen LogP) is 1.64. The molecule has 25 heavy (non-hydrogen) atoms. The number of benzene rings is 1. The quantitative estimate of drug-likeness (QED) is 0.789. The first kappa shape index (κ1) is 18.4. The molecule has 1 atom stereocenters. The third kappa shape index (κ3) is 4.75. The second kappa shape index (κ2) is 8.22. The number of amides is 2. The van der Waals surface area contributed by atoms with Gasteiger partial charge in [0.05, 0.1) is 5.92 Å². The van der Waals surface area contributed by atoms with Crippen molar-refractivity contribution in [2.45, 2.75) is 13.5 Å². The number of nitrogens with one attached hydrogen (secondary N) is 2. The molecule has 0 saturated heterocycles. The average molecular weight is 353 g/mol. The monoisotopic (exact) mass is 353 g/mol. The maximum atomic E-state index is 13.5. The third-order valence-corrected chi connectivity index (χ3v) is 3.31. The standard InChI is InChI=1S/C16H17F2N3O4/c1-9(15(22)19-2)6-20-16(23)11-7-25-13(21-11)8-24-12-5-3-4-10(17)14(12)18/h3-5,7,9H,6,8H2,1-2H3,(H,19,22)(H,20,23)/t9-/m1/s1. The average Bonchev–Trinajstić information content (AvgIpc) is 3.09. The summed E-state index contributed by atoms with van der Waals surface area (Å²) in [5.74, 6) is -3.55. The van der Waals surface area contributed by atoms with E-state index in [4.69, 9.17) is 9.15 Å². The van der Waals surface area contributed by atoms with Crippen LogP contribution in [-0.2, 0) is 11.4 Å². The fraction of sp³-hybridized carbons (Fsp3) is 0.312. The second-order valence-corrected chi connectivity index (χ2v) is 5.19. The molecule has 0 bridgehead atoms. The van der Waals surface area contributed by atoms with Gasteiger partial charge in [0.2, 0.25) is 17.6 Å². The van der Waals surface area contributed by atoms with Gasteiger partial charge >= 0.3 is 0 Å². The molecule has 2 aromatic rings. The van der Waals surface area contributed by atoms with Gasteiger partial charge in [-0.2, -0.15) is 4.39 Å². The molecule has 1 heterocycles. The Hall–Kier alpha value is -2.97. The molecule has 0 aliphatic carbocycles. The van der Waals surface area contributed by atoms with Gasteiger partial charge in [-0.05, 0) is 12.1 Å². The topological polar surface area (TPSA) is 93.5 Å². The Balaban J connectivity index is 1.90. The largest absolute Gasteiger partial charge is 0.481 e. The Kier molecular flexibility index (Phi) is 6.04. The van der Waals surface area contributed by atoms with E-state index in [0.29, 0.717) is 0 Å². The lowest BCUT2D eigenvalue weighted by molar-refractivity contribution is -0.123. The van der Waals surface area contributed by atoms with Gasteiger partial charge in [0.25, 0.3) is 5.91 Å². The number of oxazole rings is 1. The number of carbonyl (C=O) groups is 2. The van der Waals surface area contributed by atoms with Crippen molar-refractivity contribution in [3.05, 3.63) is 47.7 Å². The Bertz CT molecular complexity index is 764. The van der Waals surface area contributed by atoms with E-state index >= 15 is 0 Å². The molecule has 2 amide bonds. The van der Waals surface area contributed by atoms with Crippen molar-refractivity contribution in [1.82, 2.24) is 15.6 Å².